The summed E-state index contributed by atoms with van der Waals surface area (Å²) in [7, 11) is 2.91. The molecule has 4 heterocycles. The maximum atomic E-state index is 15.0. The molecule has 1 aromatic carbocycles. The molecule has 5 aromatic rings. The van der Waals surface area contributed by atoms with Gasteiger partial charge in [-0.15, -0.1) is 0 Å². The van der Waals surface area contributed by atoms with Gasteiger partial charge in [0.1, 0.15) is 11.1 Å². The van der Waals surface area contributed by atoms with Gasteiger partial charge in [0, 0.05) is 48.5 Å². The average Bonchev–Trinajstić information content (AvgIpc) is 2.94. The molecule has 39 heavy (non-hydrogen) atoms. The Labute approximate surface area is 220 Å². The van der Waals surface area contributed by atoms with Crippen LogP contribution in [-0.2, 0) is 0 Å². The van der Waals surface area contributed by atoms with Gasteiger partial charge >= 0.3 is 0 Å². The molecule has 0 fully saturated rings. The first-order valence-electron chi connectivity index (χ1n) is 11.4. The van der Waals surface area contributed by atoms with Crippen LogP contribution in [0.4, 0.5) is 10.1 Å². The summed E-state index contributed by atoms with van der Waals surface area (Å²) in [5.41, 5.74) is 0.382. The monoisotopic (exact) mass is 529 g/mol. The fraction of sp³-hybridized carbons (Fsp3) is 0.0741. The normalized spacial score (nSPS) is 10.7. The second kappa shape index (κ2) is 10.5. The number of anilines is 1. The zero-order valence-electron chi connectivity index (χ0n) is 20.6. The van der Waals surface area contributed by atoms with Crippen molar-refractivity contribution in [1.29, 1.82) is 0 Å². The van der Waals surface area contributed by atoms with Crippen LogP contribution < -0.4 is 25.1 Å². The van der Waals surface area contributed by atoms with E-state index in [0.29, 0.717) is 22.5 Å². The Balaban J connectivity index is 1.39. The van der Waals surface area contributed by atoms with Crippen molar-refractivity contribution in [2.24, 2.45) is 0 Å². The number of hydrogen-bond donors (Lipinski definition) is 2. The molecule has 5 rings (SSSR count). The molecule has 0 bridgehead atoms. The maximum absolute atomic E-state index is 15.0. The third-order valence-corrected chi connectivity index (χ3v) is 5.63. The van der Waals surface area contributed by atoms with E-state index in [-0.39, 0.29) is 34.5 Å². The third-order valence-electron chi connectivity index (χ3n) is 5.63. The van der Waals surface area contributed by atoms with Crippen molar-refractivity contribution in [1.82, 2.24) is 19.5 Å². The van der Waals surface area contributed by atoms with Crippen LogP contribution in [0.15, 0.2) is 78.0 Å². The zero-order valence-corrected chi connectivity index (χ0v) is 20.6. The van der Waals surface area contributed by atoms with E-state index in [1.165, 1.54) is 79.8 Å². The van der Waals surface area contributed by atoms with Crippen molar-refractivity contribution >= 4 is 22.6 Å². The number of amides is 1. The number of halogens is 1. The molecule has 0 spiro atoms. The fourth-order valence-electron chi connectivity index (χ4n) is 3.79. The first-order valence-corrected chi connectivity index (χ1v) is 11.4. The predicted molar refractivity (Wildman–Crippen MR) is 139 cm³/mol. The van der Waals surface area contributed by atoms with Gasteiger partial charge in [0.2, 0.25) is 5.88 Å². The summed E-state index contributed by atoms with van der Waals surface area (Å²) in [5.74, 6) is -1.10. The lowest BCUT2D eigenvalue weighted by Crippen LogP contribution is -2.27. The highest BCUT2D eigenvalue weighted by Crippen LogP contribution is 2.35. The van der Waals surface area contributed by atoms with Crippen molar-refractivity contribution < 1.29 is 28.5 Å². The molecule has 2 N–H and O–H groups in total. The number of carbonyl (C=O) groups is 1. The number of nitrogens with zero attached hydrogens (tertiary/aromatic N) is 4. The fourth-order valence-corrected chi connectivity index (χ4v) is 3.79. The lowest BCUT2D eigenvalue weighted by molar-refractivity contribution is 0.102. The van der Waals surface area contributed by atoms with E-state index < -0.39 is 17.3 Å². The molecule has 4 aromatic heterocycles. The van der Waals surface area contributed by atoms with Crippen molar-refractivity contribution in [3.63, 3.8) is 0 Å². The van der Waals surface area contributed by atoms with Crippen LogP contribution in [0, 0.1) is 5.82 Å². The van der Waals surface area contributed by atoms with Crippen molar-refractivity contribution in [2.45, 2.75) is 0 Å². The summed E-state index contributed by atoms with van der Waals surface area (Å²) in [6.07, 6.45) is 4.26. The van der Waals surface area contributed by atoms with E-state index >= 15 is 4.39 Å². The van der Waals surface area contributed by atoms with Gasteiger partial charge < -0.3 is 24.6 Å². The number of aromatic hydroxyl groups is 1. The van der Waals surface area contributed by atoms with Gasteiger partial charge in [-0.05, 0) is 30.3 Å². The molecular formula is C27H20FN5O6. The Morgan fingerprint density at radius 1 is 0.974 bits per heavy atom. The number of hydrogen-bond acceptors (Lipinski definition) is 9. The summed E-state index contributed by atoms with van der Waals surface area (Å²) in [4.78, 5) is 38.0. The number of methoxy groups -OCH3 is 2. The minimum atomic E-state index is -0.768. The van der Waals surface area contributed by atoms with Gasteiger partial charge in [-0.1, -0.05) is 0 Å². The Hall–Kier alpha value is -5.52. The molecule has 0 aliphatic heterocycles. The van der Waals surface area contributed by atoms with E-state index in [4.69, 9.17) is 14.2 Å². The highest BCUT2D eigenvalue weighted by atomic mass is 19.1. The first-order chi connectivity index (χ1) is 18.9. The molecule has 1 amide bonds. The summed E-state index contributed by atoms with van der Waals surface area (Å²) >= 11 is 0. The van der Waals surface area contributed by atoms with Crippen LogP contribution in [0.25, 0.3) is 16.7 Å². The van der Waals surface area contributed by atoms with Crippen LogP contribution in [0.2, 0.25) is 0 Å². The van der Waals surface area contributed by atoms with Crippen LogP contribution in [-0.4, -0.2) is 44.8 Å². The standard InChI is InChI=1S/C27H20FN5O6/c1-37-22-14-19-24(32-26(22)38-2)21(8-10-29-19)39-20-6-5-15(12-18(20)28)31-25(35)17-4-3-11-33(27(17)36)16-7-9-30-23(34)13-16/h3-14H,1-2H3,(H,30,34)(H,31,35). The highest BCUT2D eigenvalue weighted by Gasteiger charge is 2.17. The predicted octanol–water partition coefficient (Wildman–Crippen LogP) is 4.08. The van der Waals surface area contributed by atoms with E-state index in [1.54, 1.807) is 6.07 Å². The van der Waals surface area contributed by atoms with Crippen molar-refractivity contribution in [3.8, 4) is 34.7 Å². The number of aromatic nitrogens is 4. The molecular weight excluding hydrogens is 509 g/mol. The highest BCUT2D eigenvalue weighted by molar-refractivity contribution is 6.04. The number of fused-ring (bicyclic) bond motifs is 1. The topological polar surface area (TPSA) is 138 Å². The number of rotatable bonds is 7. The maximum Gasteiger partial charge on any atom is 0.267 e. The molecule has 196 valence electrons. The van der Waals surface area contributed by atoms with Gasteiger partial charge in [-0.3, -0.25) is 19.1 Å². The van der Waals surface area contributed by atoms with Crippen molar-refractivity contribution in [2.75, 3.05) is 19.5 Å². The lowest BCUT2D eigenvalue weighted by atomic mass is 10.2. The number of nitrogens with one attached hydrogen (secondary N) is 1. The van der Waals surface area contributed by atoms with Gasteiger partial charge in [0.25, 0.3) is 17.3 Å². The molecule has 0 radical (unpaired) electrons. The van der Waals surface area contributed by atoms with Crippen LogP contribution >= 0.6 is 0 Å². The van der Waals surface area contributed by atoms with E-state index in [9.17, 15) is 14.7 Å². The molecule has 0 aliphatic carbocycles. The Morgan fingerprint density at radius 2 is 1.79 bits per heavy atom. The number of ether oxygens (including phenoxy) is 3. The second-order valence-corrected chi connectivity index (χ2v) is 8.05. The van der Waals surface area contributed by atoms with Crippen molar-refractivity contribution in [3.05, 3.63) is 94.9 Å². The number of carbonyl (C=O) groups excluding carboxylic acids is 1. The summed E-state index contributed by atoms with van der Waals surface area (Å²) < 4.78 is 32.4. The van der Waals surface area contributed by atoms with Gasteiger partial charge in [0.05, 0.1) is 25.4 Å². The van der Waals surface area contributed by atoms with E-state index in [2.05, 4.69) is 20.3 Å². The van der Waals surface area contributed by atoms with Crippen LogP contribution in [0.3, 0.4) is 0 Å². The summed E-state index contributed by atoms with van der Waals surface area (Å²) in [6.45, 7) is 0. The molecule has 0 atom stereocenters. The summed E-state index contributed by atoms with van der Waals surface area (Å²) in [5, 5.41) is 12.1. The van der Waals surface area contributed by atoms with Crippen LogP contribution in [0.5, 0.6) is 29.0 Å². The average molecular weight is 529 g/mol. The number of benzene rings is 1. The first kappa shape index (κ1) is 25.1. The quantitative estimate of drug-likeness (QED) is 0.319. The molecule has 11 nitrogen and oxygen atoms in total. The molecule has 0 aliphatic rings. The minimum Gasteiger partial charge on any atom is -0.493 e. The molecule has 0 unspecified atom stereocenters. The Morgan fingerprint density at radius 3 is 2.54 bits per heavy atom. The van der Waals surface area contributed by atoms with E-state index in [0.717, 1.165) is 6.07 Å². The zero-order chi connectivity index (χ0) is 27.5. The minimum absolute atomic E-state index is 0.102. The molecule has 0 saturated heterocycles. The van der Waals surface area contributed by atoms with Gasteiger partial charge in [-0.25, -0.2) is 14.4 Å². The Kier molecular flexibility index (Phi) is 6.74. The Bertz CT molecular complexity index is 1770. The molecule has 0 saturated carbocycles. The van der Waals surface area contributed by atoms with Gasteiger partial charge in [-0.2, -0.15) is 0 Å². The number of pyridine rings is 4. The SMILES string of the molecule is COc1cc2nccc(Oc3ccc(NC(=O)c4cccn(-c5ccnc(O)c5)c4=O)cc3F)c2nc1OC. The molecule has 12 heteroatoms. The smallest absolute Gasteiger partial charge is 0.267 e. The largest absolute Gasteiger partial charge is 0.493 e. The summed E-state index contributed by atoms with van der Waals surface area (Å²) in [6, 6.07) is 12.6. The van der Waals surface area contributed by atoms with E-state index in [1.807, 2.05) is 0 Å². The second-order valence-electron chi connectivity index (χ2n) is 8.05. The van der Waals surface area contributed by atoms with Crippen LogP contribution in [0.1, 0.15) is 10.4 Å². The third kappa shape index (κ3) is 5.03. The van der Waals surface area contributed by atoms with Gasteiger partial charge in [0.15, 0.2) is 23.1 Å². The lowest BCUT2D eigenvalue weighted by Gasteiger charge is -2.12.